The Bertz CT molecular complexity index is 1300. The number of halogens is 1. The Morgan fingerprint density at radius 2 is 1.73 bits per heavy atom. The summed E-state index contributed by atoms with van der Waals surface area (Å²) < 4.78 is 1.95. The lowest BCUT2D eigenvalue weighted by Crippen LogP contribution is -2.47. The number of imidazole rings is 1. The number of hydrogen-bond donors (Lipinski definition) is 1. The smallest absolute Gasteiger partial charge is 0.255 e. The van der Waals surface area contributed by atoms with Crippen LogP contribution < -0.4 is 27.2 Å². The van der Waals surface area contributed by atoms with Crippen LogP contribution in [0.25, 0.3) is 22.2 Å². The molecule has 144 valence electrons. The van der Waals surface area contributed by atoms with Gasteiger partial charge in [-0.15, -0.1) is 10.2 Å². The van der Waals surface area contributed by atoms with Crippen molar-refractivity contribution in [1.82, 2.24) is 19.7 Å². The largest absolute Gasteiger partial charge is 0.334 e. The van der Waals surface area contributed by atoms with Gasteiger partial charge in [-0.2, -0.15) is 0 Å². The zero-order chi connectivity index (χ0) is 21.6. The fourth-order valence-electron chi connectivity index (χ4n) is 3.69. The first-order chi connectivity index (χ1) is 14.3. The van der Waals surface area contributed by atoms with Crippen LogP contribution >= 0.6 is 11.6 Å². The van der Waals surface area contributed by atoms with Crippen molar-refractivity contribution < 1.29 is 4.79 Å². The molecule has 1 amide bonds. The molecule has 2 heterocycles. The van der Waals surface area contributed by atoms with Crippen molar-refractivity contribution in [2.24, 2.45) is 7.05 Å². The fraction of sp³-hybridized carbons (Fsp3) is 0.0526. The topological polar surface area (TPSA) is 72.7 Å². The summed E-state index contributed by atoms with van der Waals surface area (Å²) >= 11 is 6.40. The van der Waals surface area contributed by atoms with Gasteiger partial charge < -0.3 is 9.88 Å². The number of benzene rings is 2. The minimum absolute atomic E-state index is 0.218. The van der Waals surface area contributed by atoms with E-state index in [4.69, 9.17) is 11.6 Å². The van der Waals surface area contributed by atoms with E-state index in [9.17, 15) is 4.79 Å². The number of nitrogens with one attached hydrogen (secondary N) is 1. The monoisotopic (exact) mass is 411 g/mol. The lowest BCUT2D eigenvalue weighted by atomic mass is 9.67. The Labute approximate surface area is 183 Å². The van der Waals surface area contributed by atoms with E-state index in [1.54, 1.807) is 6.33 Å². The van der Waals surface area contributed by atoms with Crippen molar-refractivity contribution in [3.05, 3.63) is 47.4 Å². The maximum Gasteiger partial charge on any atom is 0.255 e. The number of aromatic nitrogens is 4. The van der Waals surface area contributed by atoms with Crippen molar-refractivity contribution in [2.75, 3.05) is 5.32 Å². The predicted molar refractivity (Wildman–Crippen MR) is 134 cm³/mol. The van der Waals surface area contributed by atoms with Crippen LogP contribution in [-0.4, -0.2) is 57.0 Å². The van der Waals surface area contributed by atoms with Crippen LogP contribution in [0.1, 0.15) is 10.4 Å². The van der Waals surface area contributed by atoms with Crippen molar-refractivity contribution in [2.45, 2.75) is 0 Å². The number of fused-ring (bicyclic) bond motifs is 1. The number of hydrogen-bond acceptors (Lipinski definition) is 4. The molecule has 0 aliphatic carbocycles. The fourth-order valence-corrected chi connectivity index (χ4v) is 3.97. The van der Waals surface area contributed by atoms with E-state index in [0.717, 1.165) is 44.0 Å². The van der Waals surface area contributed by atoms with E-state index in [1.165, 1.54) is 0 Å². The molecule has 0 spiro atoms. The summed E-state index contributed by atoms with van der Waals surface area (Å²) in [6.07, 6.45) is 3.58. The second-order valence-corrected chi connectivity index (χ2v) is 7.91. The van der Waals surface area contributed by atoms with Gasteiger partial charge in [0.2, 0.25) is 0 Å². The third kappa shape index (κ3) is 3.41. The molecule has 2 aromatic carbocycles. The van der Waals surface area contributed by atoms with Gasteiger partial charge in [0.05, 0.1) is 23.7 Å². The number of carbonyl (C=O) groups excluding carboxylic acids is 1. The maximum atomic E-state index is 13.1. The highest BCUT2D eigenvalue weighted by atomic mass is 35.5. The first-order valence-electron chi connectivity index (χ1n) is 9.59. The van der Waals surface area contributed by atoms with Crippen molar-refractivity contribution in [3.63, 3.8) is 0 Å². The zero-order valence-electron chi connectivity index (χ0n) is 17.5. The molecular weight excluding hydrogens is 393 g/mol. The van der Waals surface area contributed by atoms with E-state index >= 15 is 0 Å². The molecule has 0 saturated carbocycles. The predicted octanol–water partition coefficient (Wildman–Crippen LogP) is -3.03. The molecule has 0 fully saturated rings. The van der Waals surface area contributed by atoms with E-state index < -0.39 is 0 Å². The summed E-state index contributed by atoms with van der Waals surface area (Å²) in [4.78, 5) is 17.2. The van der Waals surface area contributed by atoms with Gasteiger partial charge in [-0.25, -0.2) is 4.98 Å². The van der Waals surface area contributed by atoms with Crippen LogP contribution in [0, 0.1) is 0 Å². The van der Waals surface area contributed by atoms with Gasteiger partial charge in [0, 0.05) is 28.6 Å². The van der Waals surface area contributed by atoms with E-state index in [2.05, 4.69) is 20.5 Å². The second-order valence-electron chi connectivity index (χ2n) is 7.54. The highest BCUT2D eigenvalue weighted by Gasteiger charge is 2.19. The lowest BCUT2D eigenvalue weighted by Gasteiger charge is -2.18. The molecule has 6 nitrogen and oxygen atoms in total. The second kappa shape index (κ2) is 7.69. The third-order valence-electron chi connectivity index (χ3n) is 5.70. The van der Waals surface area contributed by atoms with E-state index in [1.807, 2.05) is 73.5 Å². The van der Waals surface area contributed by atoms with Gasteiger partial charge in [-0.3, -0.25) is 4.79 Å². The van der Waals surface area contributed by atoms with E-state index in [-0.39, 0.29) is 5.91 Å². The highest BCUT2D eigenvalue weighted by Crippen LogP contribution is 2.24. The van der Waals surface area contributed by atoms with Gasteiger partial charge in [0.15, 0.2) is 5.82 Å². The number of amides is 1. The summed E-state index contributed by atoms with van der Waals surface area (Å²) in [5.41, 5.74) is 6.96. The number of anilines is 1. The summed E-state index contributed by atoms with van der Waals surface area (Å²) in [7, 11) is 9.63. The molecule has 2 aromatic heterocycles. The van der Waals surface area contributed by atoms with Crippen molar-refractivity contribution >= 4 is 87.5 Å². The van der Waals surface area contributed by atoms with Crippen LogP contribution in [0.15, 0.2) is 36.8 Å². The average Bonchev–Trinajstić information content (AvgIpc) is 3.16. The zero-order valence-corrected chi connectivity index (χ0v) is 18.3. The molecular formula is C19H18B4ClN5O. The average molecular weight is 411 g/mol. The molecule has 0 unspecified atom stereocenters. The Morgan fingerprint density at radius 1 is 1.03 bits per heavy atom. The van der Waals surface area contributed by atoms with Gasteiger partial charge in [0.25, 0.3) is 5.91 Å². The standard InChI is InChI=1S/C19H18B4ClN5O/c1-29-7-25-6-11(29)8-2-3-10-9(4-8)5-12(28-27-10)26-19(30)13-14(20)16(22)18(24)17(23)15(13)21/h2-7H,20-23H2,1H3,(H,26,28,30). The summed E-state index contributed by atoms with van der Waals surface area (Å²) in [5.74, 6) is 0.183. The molecule has 30 heavy (non-hydrogen) atoms. The number of carbonyl (C=O) groups is 1. The van der Waals surface area contributed by atoms with Gasteiger partial charge in [0.1, 0.15) is 31.4 Å². The van der Waals surface area contributed by atoms with E-state index in [0.29, 0.717) is 16.4 Å². The molecule has 0 aliphatic heterocycles. The Kier molecular flexibility index (Phi) is 5.20. The molecule has 0 bridgehead atoms. The molecule has 0 saturated heterocycles. The molecule has 4 aromatic rings. The van der Waals surface area contributed by atoms with Crippen molar-refractivity contribution in [3.8, 4) is 11.3 Å². The lowest BCUT2D eigenvalue weighted by molar-refractivity contribution is 0.102. The van der Waals surface area contributed by atoms with Crippen LogP contribution in [-0.2, 0) is 7.05 Å². The van der Waals surface area contributed by atoms with Crippen LogP contribution in [0.3, 0.4) is 0 Å². The Morgan fingerprint density at radius 3 is 2.37 bits per heavy atom. The van der Waals surface area contributed by atoms with Crippen LogP contribution in [0.4, 0.5) is 5.82 Å². The summed E-state index contributed by atoms with van der Waals surface area (Å²) in [6.45, 7) is 0. The van der Waals surface area contributed by atoms with Gasteiger partial charge >= 0.3 is 0 Å². The van der Waals surface area contributed by atoms with Gasteiger partial charge in [-0.05, 0) is 18.2 Å². The Hall–Kier alpha value is -2.99. The third-order valence-corrected chi connectivity index (χ3v) is 6.27. The van der Waals surface area contributed by atoms with Crippen LogP contribution in [0.2, 0.25) is 5.02 Å². The van der Waals surface area contributed by atoms with Crippen molar-refractivity contribution in [1.29, 1.82) is 0 Å². The number of nitrogens with zero attached hydrogens (tertiary/aromatic N) is 4. The number of rotatable bonds is 3. The first kappa shape index (κ1) is 20.3. The quantitative estimate of drug-likeness (QED) is 0.365. The molecule has 4 rings (SSSR count). The van der Waals surface area contributed by atoms with Gasteiger partial charge in [-0.1, -0.05) is 39.5 Å². The summed E-state index contributed by atoms with van der Waals surface area (Å²) in [5, 5.41) is 12.9. The SMILES string of the molecule is Bc1c(B)c(C(=O)Nc2cc3cc(-c4cncn4C)ccc3nn2)c(B)c(B)c1Cl. The molecule has 0 radical (unpaired) electrons. The maximum absolute atomic E-state index is 13.1. The first-order valence-corrected chi connectivity index (χ1v) is 9.97. The normalized spacial score (nSPS) is 11.0. The number of aryl methyl sites for hydroxylation is 1. The van der Waals surface area contributed by atoms with Crippen LogP contribution in [0.5, 0.6) is 0 Å². The molecule has 0 aliphatic rings. The Balaban J connectivity index is 1.71. The summed E-state index contributed by atoms with van der Waals surface area (Å²) in [6, 6.07) is 7.75. The molecule has 11 heteroatoms. The molecule has 0 atom stereocenters. The highest BCUT2D eigenvalue weighted by molar-refractivity contribution is 6.65. The minimum Gasteiger partial charge on any atom is -0.334 e. The molecule has 1 N–H and O–H groups in total. The minimum atomic E-state index is -0.218.